The van der Waals surface area contributed by atoms with E-state index in [1.807, 2.05) is 0 Å². The molecule has 1 fully saturated rings. The molecule has 0 bridgehead atoms. The highest BCUT2D eigenvalue weighted by Crippen LogP contribution is 2.31. The van der Waals surface area contributed by atoms with Crippen molar-refractivity contribution < 1.29 is 5.11 Å². The lowest BCUT2D eigenvalue weighted by molar-refractivity contribution is -0.00607. The standard InChI is InChI=1S/C13H27NO/c1-11(2)6-9-14-10-13(15)7-4-12(3)5-8-13/h11-12,14-15H,4-10H2,1-3H3. The zero-order valence-electron chi connectivity index (χ0n) is 10.6. The van der Waals surface area contributed by atoms with Crippen LogP contribution in [0, 0.1) is 11.8 Å². The van der Waals surface area contributed by atoms with Crippen LogP contribution in [0.1, 0.15) is 52.9 Å². The van der Waals surface area contributed by atoms with E-state index in [1.54, 1.807) is 0 Å². The molecule has 1 rings (SSSR count). The third-order valence-corrected chi connectivity index (χ3v) is 3.56. The van der Waals surface area contributed by atoms with Gasteiger partial charge in [0.05, 0.1) is 5.60 Å². The van der Waals surface area contributed by atoms with E-state index in [9.17, 15) is 5.11 Å². The zero-order valence-corrected chi connectivity index (χ0v) is 10.6. The number of aliphatic hydroxyl groups is 1. The smallest absolute Gasteiger partial charge is 0.0771 e. The van der Waals surface area contributed by atoms with Crippen LogP contribution >= 0.6 is 0 Å². The fourth-order valence-electron chi connectivity index (χ4n) is 2.19. The van der Waals surface area contributed by atoms with Crippen LogP contribution in [0.3, 0.4) is 0 Å². The average molecular weight is 213 g/mol. The lowest BCUT2D eigenvalue weighted by Gasteiger charge is -2.35. The molecule has 0 unspecified atom stereocenters. The molecule has 1 saturated carbocycles. The van der Waals surface area contributed by atoms with Crippen LogP contribution in [0.4, 0.5) is 0 Å². The molecule has 2 nitrogen and oxygen atoms in total. The summed E-state index contributed by atoms with van der Waals surface area (Å²) < 4.78 is 0. The van der Waals surface area contributed by atoms with Gasteiger partial charge in [-0.15, -0.1) is 0 Å². The maximum Gasteiger partial charge on any atom is 0.0771 e. The monoisotopic (exact) mass is 213 g/mol. The van der Waals surface area contributed by atoms with Gasteiger partial charge < -0.3 is 10.4 Å². The topological polar surface area (TPSA) is 32.3 Å². The lowest BCUT2D eigenvalue weighted by Crippen LogP contribution is -2.43. The molecule has 0 atom stereocenters. The van der Waals surface area contributed by atoms with E-state index in [0.29, 0.717) is 0 Å². The van der Waals surface area contributed by atoms with E-state index in [2.05, 4.69) is 26.1 Å². The Morgan fingerprint density at radius 2 is 1.93 bits per heavy atom. The van der Waals surface area contributed by atoms with Crippen molar-refractivity contribution in [2.75, 3.05) is 13.1 Å². The van der Waals surface area contributed by atoms with Gasteiger partial charge >= 0.3 is 0 Å². The van der Waals surface area contributed by atoms with Gasteiger partial charge in [0.2, 0.25) is 0 Å². The molecule has 1 aliphatic carbocycles. The molecule has 0 aromatic rings. The summed E-state index contributed by atoms with van der Waals surface area (Å²) in [5, 5.41) is 13.7. The van der Waals surface area contributed by atoms with Gasteiger partial charge in [-0.1, -0.05) is 20.8 Å². The Morgan fingerprint density at radius 1 is 1.33 bits per heavy atom. The van der Waals surface area contributed by atoms with Crippen LogP contribution in [0.25, 0.3) is 0 Å². The molecule has 2 N–H and O–H groups in total. The molecular formula is C13H27NO. The number of nitrogens with one attached hydrogen (secondary N) is 1. The summed E-state index contributed by atoms with van der Waals surface area (Å²) in [7, 11) is 0. The van der Waals surface area contributed by atoms with Crippen LogP contribution in [-0.2, 0) is 0 Å². The Kier molecular flexibility index (Phi) is 5.07. The van der Waals surface area contributed by atoms with Gasteiger partial charge in [-0.25, -0.2) is 0 Å². The van der Waals surface area contributed by atoms with Crippen molar-refractivity contribution in [2.45, 2.75) is 58.5 Å². The van der Waals surface area contributed by atoms with Crippen molar-refractivity contribution in [3.63, 3.8) is 0 Å². The van der Waals surface area contributed by atoms with E-state index in [4.69, 9.17) is 0 Å². The van der Waals surface area contributed by atoms with Crippen molar-refractivity contribution in [3.8, 4) is 0 Å². The minimum atomic E-state index is -0.413. The Bertz CT molecular complexity index is 171. The van der Waals surface area contributed by atoms with Gasteiger partial charge in [-0.3, -0.25) is 0 Å². The lowest BCUT2D eigenvalue weighted by atomic mass is 9.79. The van der Waals surface area contributed by atoms with E-state index < -0.39 is 5.60 Å². The highest BCUT2D eigenvalue weighted by atomic mass is 16.3. The molecule has 0 aromatic heterocycles. The molecule has 15 heavy (non-hydrogen) atoms. The number of hydrogen-bond donors (Lipinski definition) is 2. The quantitative estimate of drug-likeness (QED) is 0.688. The van der Waals surface area contributed by atoms with E-state index >= 15 is 0 Å². The average Bonchev–Trinajstić information content (AvgIpc) is 2.18. The summed E-state index contributed by atoms with van der Waals surface area (Å²) >= 11 is 0. The van der Waals surface area contributed by atoms with Crippen LogP contribution in [0.2, 0.25) is 0 Å². The summed E-state index contributed by atoms with van der Waals surface area (Å²) in [6, 6.07) is 0. The summed E-state index contributed by atoms with van der Waals surface area (Å²) in [5.41, 5.74) is -0.413. The normalized spacial score (nSPS) is 32.2. The Labute approximate surface area is 94.5 Å². The van der Waals surface area contributed by atoms with Gasteiger partial charge in [-0.2, -0.15) is 0 Å². The van der Waals surface area contributed by atoms with Crippen LogP contribution in [0.5, 0.6) is 0 Å². The largest absolute Gasteiger partial charge is 0.389 e. The molecule has 90 valence electrons. The first kappa shape index (κ1) is 13.0. The molecular weight excluding hydrogens is 186 g/mol. The molecule has 0 radical (unpaired) electrons. The molecule has 0 aromatic carbocycles. The van der Waals surface area contributed by atoms with Crippen molar-refractivity contribution >= 4 is 0 Å². The van der Waals surface area contributed by atoms with Crippen molar-refractivity contribution in [1.29, 1.82) is 0 Å². The first-order valence-corrected chi connectivity index (χ1v) is 6.45. The summed E-state index contributed by atoms with van der Waals surface area (Å²) in [5.74, 6) is 1.56. The zero-order chi connectivity index (χ0) is 11.3. The third-order valence-electron chi connectivity index (χ3n) is 3.56. The second kappa shape index (κ2) is 5.86. The van der Waals surface area contributed by atoms with Crippen LogP contribution in [-0.4, -0.2) is 23.8 Å². The minimum absolute atomic E-state index is 0.413. The highest BCUT2D eigenvalue weighted by Gasteiger charge is 2.30. The molecule has 0 spiro atoms. The number of rotatable bonds is 5. The molecule has 0 saturated heterocycles. The molecule has 0 aliphatic heterocycles. The van der Waals surface area contributed by atoms with Gasteiger partial charge in [0.15, 0.2) is 0 Å². The summed E-state index contributed by atoms with van der Waals surface area (Å²) in [4.78, 5) is 0. The third kappa shape index (κ3) is 4.98. The molecule has 0 heterocycles. The van der Waals surface area contributed by atoms with Crippen molar-refractivity contribution in [1.82, 2.24) is 5.32 Å². The Balaban J connectivity index is 2.14. The highest BCUT2D eigenvalue weighted by molar-refractivity contribution is 4.86. The SMILES string of the molecule is CC(C)CCNCC1(O)CCC(C)CC1. The summed E-state index contributed by atoms with van der Waals surface area (Å²) in [6.45, 7) is 8.57. The molecule has 2 heteroatoms. The van der Waals surface area contributed by atoms with Crippen molar-refractivity contribution in [3.05, 3.63) is 0 Å². The van der Waals surface area contributed by atoms with Gasteiger partial charge in [0.25, 0.3) is 0 Å². The van der Waals surface area contributed by atoms with E-state index in [1.165, 1.54) is 19.3 Å². The maximum absolute atomic E-state index is 10.3. The van der Waals surface area contributed by atoms with Gasteiger partial charge in [-0.05, 0) is 50.5 Å². The number of hydrogen-bond acceptors (Lipinski definition) is 2. The predicted molar refractivity (Wildman–Crippen MR) is 64.9 cm³/mol. The van der Waals surface area contributed by atoms with E-state index in [0.717, 1.165) is 37.8 Å². The maximum atomic E-state index is 10.3. The fraction of sp³-hybridized carbons (Fsp3) is 1.00. The minimum Gasteiger partial charge on any atom is -0.389 e. The Morgan fingerprint density at radius 3 is 2.47 bits per heavy atom. The van der Waals surface area contributed by atoms with E-state index in [-0.39, 0.29) is 0 Å². The van der Waals surface area contributed by atoms with Crippen molar-refractivity contribution in [2.24, 2.45) is 11.8 Å². The summed E-state index contributed by atoms with van der Waals surface area (Å²) in [6.07, 6.45) is 5.52. The van der Waals surface area contributed by atoms with Gasteiger partial charge in [0.1, 0.15) is 0 Å². The second-order valence-corrected chi connectivity index (χ2v) is 5.77. The fourth-order valence-corrected chi connectivity index (χ4v) is 2.19. The first-order valence-electron chi connectivity index (χ1n) is 6.45. The van der Waals surface area contributed by atoms with Crippen LogP contribution in [0.15, 0.2) is 0 Å². The van der Waals surface area contributed by atoms with Gasteiger partial charge in [0, 0.05) is 6.54 Å². The molecule has 0 amide bonds. The van der Waals surface area contributed by atoms with Crippen LogP contribution < -0.4 is 5.32 Å². The Hall–Kier alpha value is -0.0800. The first-order chi connectivity index (χ1) is 7.02. The molecule has 1 aliphatic rings. The predicted octanol–water partition coefficient (Wildman–Crippen LogP) is 2.56. The second-order valence-electron chi connectivity index (χ2n) is 5.77.